The van der Waals surface area contributed by atoms with Crippen molar-refractivity contribution in [2.24, 2.45) is 0 Å². The molecule has 1 unspecified atom stereocenters. The number of carboxylic acid groups (broad SMARTS) is 1. The zero-order valence-corrected chi connectivity index (χ0v) is 12.3. The standard InChI is InChI=1S/C13H19NO5S/c1-3-14-12(13(15)16)8-9-19-10-4-6-11(7-5-10)20(2,17)18/h4-7,12,14H,3,8-9H2,1-2H3,(H,15,16). The number of ether oxygens (including phenoxy) is 1. The van der Waals surface area contributed by atoms with E-state index in [1.165, 1.54) is 12.1 Å². The molecule has 0 aromatic heterocycles. The number of benzene rings is 1. The van der Waals surface area contributed by atoms with Crippen molar-refractivity contribution >= 4 is 15.8 Å². The lowest BCUT2D eigenvalue weighted by molar-refractivity contribution is -0.139. The molecule has 1 aromatic rings. The Bertz CT molecular complexity index is 538. The summed E-state index contributed by atoms with van der Waals surface area (Å²) in [5.41, 5.74) is 0. The monoisotopic (exact) mass is 301 g/mol. The first kappa shape index (κ1) is 16.5. The van der Waals surface area contributed by atoms with Gasteiger partial charge in [-0.2, -0.15) is 0 Å². The Hall–Kier alpha value is -1.60. The van der Waals surface area contributed by atoms with Crippen molar-refractivity contribution in [1.29, 1.82) is 0 Å². The summed E-state index contributed by atoms with van der Waals surface area (Å²) >= 11 is 0. The average molecular weight is 301 g/mol. The van der Waals surface area contributed by atoms with Crippen LogP contribution in [0.25, 0.3) is 0 Å². The molecule has 0 radical (unpaired) electrons. The molecule has 1 rings (SSSR count). The number of carbonyl (C=O) groups is 1. The molecule has 6 nitrogen and oxygen atoms in total. The number of likely N-dealkylation sites (N-methyl/N-ethyl adjacent to an activating group) is 1. The summed E-state index contributed by atoms with van der Waals surface area (Å²) in [6, 6.07) is 5.39. The fraction of sp³-hybridized carbons (Fsp3) is 0.462. The van der Waals surface area contributed by atoms with Crippen LogP contribution in [0, 0.1) is 0 Å². The fourth-order valence-corrected chi connectivity index (χ4v) is 2.27. The molecule has 0 fully saturated rings. The molecule has 0 spiro atoms. The normalized spacial score (nSPS) is 12.9. The van der Waals surface area contributed by atoms with Gasteiger partial charge in [-0.25, -0.2) is 8.42 Å². The Labute approximate surface area is 118 Å². The van der Waals surface area contributed by atoms with Crippen molar-refractivity contribution in [3.63, 3.8) is 0 Å². The van der Waals surface area contributed by atoms with Gasteiger partial charge in [0.2, 0.25) is 0 Å². The van der Waals surface area contributed by atoms with Crippen molar-refractivity contribution in [3.8, 4) is 5.75 Å². The molecule has 0 saturated heterocycles. The third-order valence-electron chi connectivity index (χ3n) is 2.68. The van der Waals surface area contributed by atoms with Gasteiger partial charge in [0.25, 0.3) is 0 Å². The highest BCUT2D eigenvalue weighted by Gasteiger charge is 2.15. The highest BCUT2D eigenvalue weighted by atomic mass is 32.2. The first-order chi connectivity index (χ1) is 9.34. The summed E-state index contributed by atoms with van der Waals surface area (Å²) in [7, 11) is -3.22. The maximum Gasteiger partial charge on any atom is 0.320 e. The molecule has 7 heteroatoms. The van der Waals surface area contributed by atoms with Crippen LogP contribution in [0.15, 0.2) is 29.2 Å². The lowest BCUT2D eigenvalue weighted by Gasteiger charge is -2.13. The van der Waals surface area contributed by atoms with Crippen LogP contribution < -0.4 is 10.1 Å². The van der Waals surface area contributed by atoms with E-state index in [1.807, 2.05) is 6.92 Å². The van der Waals surface area contributed by atoms with Crippen molar-refractivity contribution in [1.82, 2.24) is 5.32 Å². The minimum absolute atomic E-state index is 0.223. The predicted octanol–water partition coefficient (Wildman–Crippen LogP) is 0.922. The number of rotatable bonds is 8. The van der Waals surface area contributed by atoms with E-state index in [9.17, 15) is 13.2 Å². The van der Waals surface area contributed by atoms with E-state index in [-0.39, 0.29) is 11.5 Å². The zero-order valence-electron chi connectivity index (χ0n) is 11.5. The van der Waals surface area contributed by atoms with Crippen LogP contribution >= 0.6 is 0 Å². The van der Waals surface area contributed by atoms with E-state index in [0.29, 0.717) is 18.7 Å². The summed E-state index contributed by atoms with van der Waals surface area (Å²) in [6.45, 7) is 2.64. The molecular weight excluding hydrogens is 282 g/mol. The second-order valence-electron chi connectivity index (χ2n) is 4.33. The van der Waals surface area contributed by atoms with Crippen LogP contribution in [-0.4, -0.2) is 44.9 Å². The third kappa shape index (κ3) is 5.18. The number of sulfone groups is 1. The smallest absolute Gasteiger partial charge is 0.320 e. The van der Waals surface area contributed by atoms with E-state index in [1.54, 1.807) is 12.1 Å². The molecule has 2 N–H and O–H groups in total. The van der Waals surface area contributed by atoms with Gasteiger partial charge in [-0.3, -0.25) is 4.79 Å². The number of hydrogen-bond donors (Lipinski definition) is 2. The second-order valence-corrected chi connectivity index (χ2v) is 6.34. The second kappa shape index (κ2) is 7.25. The minimum Gasteiger partial charge on any atom is -0.494 e. The maximum atomic E-state index is 11.3. The topological polar surface area (TPSA) is 92.7 Å². The molecule has 0 aliphatic carbocycles. The van der Waals surface area contributed by atoms with Crippen molar-refractivity contribution in [2.45, 2.75) is 24.3 Å². The highest BCUT2D eigenvalue weighted by Crippen LogP contribution is 2.16. The molecule has 1 atom stereocenters. The van der Waals surface area contributed by atoms with Gasteiger partial charge >= 0.3 is 5.97 Å². The van der Waals surface area contributed by atoms with Gasteiger partial charge in [0.1, 0.15) is 11.8 Å². The summed E-state index contributed by atoms with van der Waals surface area (Å²) in [5.74, 6) is -0.402. The van der Waals surface area contributed by atoms with Crippen molar-refractivity contribution < 1.29 is 23.1 Å². The average Bonchev–Trinajstić information content (AvgIpc) is 2.37. The van der Waals surface area contributed by atoms with Gasteiger partial charge in [-0.1, -0.05) is 6.92 Å². The van der Waals surface area contributed by atoms with E-state index in [2.05, 4.69) is 5.32 Å². The van der Waals surface area contributed by atoms with Crippen LogP contribution in [0.1, 0.15) is 13.3 Å². The van der Waals surface area contributed by atoms with Crippen LogP contribution in [0.4, 0.5) is 0 Å². The van der Waals surface area contributed by atoms with Gasteiger partial charge in [0, 0.05) is 12.7 Å². The summed E-state index contributed by atoms with van der Waals surface area (Å²) < 4.78 is 28.0. The van der Waals surface area contributed by atoms with Crippen molar-refractivity contribution in [2.75, 3.05) is 19.4 Å². The van der Waals surface area contributed by atoms with Crippen molar-refractivity contribution in [3.05, 3.63) is 24.3 Å². The summed E-state index contributed by atoms with van der Waals surface area (Å²) in [4.78, 5) is 11.1. The van der Waals surface area contributed by atoms with E-state index in [0.717, 1.165) is 6.26 Å². The zero-order chi connectivity index (χ0) is 15.2. The van der Waals surface area contributed by atoms with E-state index >= 15 is 0 Å². The Kier molecular flexibility index (Phi) is 5.97. The summed E-state index contributed by atoms with van der Waals surface area (Å²) in [5, 5.41) is 11.8. The summed E-state index contributed by atoms with van der Waals surface area (Å²) in [6.07, 6.45) is 1.47. The third-order valence-corrected chi connectivity index (χ3v) is 3.80. The molecule has 1 aromatic carbocycles. The molecule has 112 valence electrons. The molecule has 0 bridgehead atoms. The van der Waals surface area contributed by atoms with Crippen LogP contribution in [0.3, 0.4) is 0 Å². The molecule has 0 heterocycles. The number of aliphatic carboxylic acids is 1. The Morgan fingerprint density at radius 3 is 2.40 bits per heavy atom. The first-order valence-electron chi connectivity index (χ1n) is 6.23. The number of carboxylic acids is 1. The van der Waals surface area contributed by atoms with E-state index in [4.69, 9.17) is 9.84 Å². The largest absolute Gasteiger partial charge is 0.494 e. The Balaban J connectivity index is 2.52. The quantitative estimate of drug-likeness (QED) is 0.742. The SMILES string of the molecule is CCNC(CCOc1ccc(S(C)(=O)=O)cc1)C(=O)O. The Morgan fingerprint density at radius 2 is 1.95 bits per heavy atom. The van der Waals surface area contributed by atoms with Gasteiger partial charge < -0.3 is 15.2 Å². The van der Waals surface area contributed by atoms with Crippen LogP contribution in [0.2, 0.25) is 0 Å². The predicted molar refractivity (Wildman–Crippen MR) is 74.8 cm³/mol. The van der Waals surface area contributed by atoms with Crippen LogP contribution in [0.5, 0.6) is 5.75 Å². The number of nitrogens with one attached hydrogen (secondary N) is 1. The van der Waals surface area contributed by atoms with Gasteiger partial charge in [-0.15, -0.1) is 0 Å². The van der Waals surface area contributed by atoms with Crippen LogP contribution in [-0.2, 0) is 14.6 Å². The Morgan fingerprint density at radius 1 is 1.35 bits per heavy atom. The molecule has 0 saturated carbocycles. The van der Waals surface area contributed by atoms with Gasteiger partial charge in [0.15, 0.2) is 9.84 Å². The van der Waals surface area contributed by atoms with Gasteiger partial charge in [-0.05, 0) is 30.8 Å². The highest BCUT2D eigenvalue weighted by molar-refractivity contribution is 7.90. The molecule has 20 heavy (non-hydrogen) atoms. The lowest BCUT2D eigenvalue weighted by Crippen LogP contribution is -2.37. The molecule has 0 aliphatic heterocycles. The number of hydrogen-bond acceptors (Lipinski definition) is 5. The lowest BCUT2D eigenvalue weighted by atomic mass is 10.2. The molecular formula is C13H19NO5S. The minimum atomic E-state index is -3.22. The molecule has 0 aliphatic rings. The van der Waals surface area contributed by atoms with Gasteiger partial charge in [0.05, 0.1) is 11.5 Å². The van der Waals surface area contributed by atoms with E-state index < -0.39 is 21.8 Å². The fourth-order valence-electron chi connectivity index (χ4n) is 1.64. The first-order valence-corrected chi connectivity index (χ1v) is 8.13. The maximum absolute atomic E-state index is 11.3. The molecule has 0 amide bonds.